The zero-order valence-electron chi connectivity index (χ0n) is 17.9. The summed E-state index contributed by atoms with van der Waals surface area (Å²) in [6, 6.07) is 3.54. The van der Waals surface area contributed by atoms with E-state index in [0.29, 0.717) is 13.2 Å². The Labute approximate surface area is 186 Å². The van der Waals surface area contributed by atoms with Crippen molar-refractivity contribution in [3.05, 3.63) is 18.2 Å². The van der Waals surface area contributed by atoms with E-state index < -0.39 is 40.0 Å². The van der Waals surface area contributed by atoms with Crippen LogP contribution in [0.25, 0.3) is 0 Å². The van der Waals surface area contributed by atoms with Crippen LogP contribution in [0, 0.1) is 5.92 Å². The van der Waals surface area contributed by atoms with Crippen molar-refractivity contribution in [1.29, 1.82) is 0 Å². The molecule has 0 unspecified atom stereocenters. The Bertz CT molecular complexity index is 1050. The number of amides is 4. The number of carbonyl (C=O) groups excluding carboxylic acids is 3. The van der Waals surface area contributed by atoms with Crippen molar-refractivity contribution in [3.63, 3.8) is 0 Å². The monoisotopic (exact) mass is 466 g/mol. The van der Waals surface area contributed by atoms with Gasteiger partial charge >= 0.3 is 6.03 Å². The summed E-state index contributed by atoms with van der Waals surface area (Å²) >= 11 is 0. The maximum absolute atomic E-state index is 12.9. The molecule has 2 N–H and O–H groups in total. The summed E-state index contributed by atoms with van der Waals surface area (Å²) in [4.78, 5) is 38.6. The third kappa shape index (κ3) is 4.05. The van der Waals surface area contributed by atoms with Gasteiger partial charge in [0.05, 0.1) is 30.9 Å². The number of sulfonamides is 1. The van der Waals surface area contributed by atoms with Crippen LogP contribution in [0.2, 0.25) is 0 Å². The van der Waals surface area contributed by atoms with Crippen LogP contribution in [0.15, 0.2) is 23.1 Å². The topological polar surface area (TPSA) is 134 Å². The van der Waals surface area contributed by atoms with Crippen molar-refractivity contribution in [1.82, 2.24) is 14.5 Å². The molecule has 3 fully saturated rings. The molecular formula is C20H26N4O7S. The zero-order valence-corrected chi connectivity index (χ0v) is 18.7. The van der Waals surface area contributed by atoms with Gasteiger partial charge in [-0.2, -0.15) is 4.31 Å². The molecule has 2 heterocycles. The minimum Gasteiger partial charge on any atom is -0.495 e. The second-order valence-electron chi connectivity index (χ2n) is 8.22. The molecule has 4 amide bonds. The molecule has 174 valence electrons. The molecule has 1 atom stereocenters. The summed E-state index contributed by atoms with van der Waals surface area (Å²) < 4.78 is 37.6. The van der Waals surface area contributed by atoms with Gasteiger partial charge in [-0.15, -0.1) is 0 Å². The van der Waals surface area contributed by atoms with Gasteiger partial charge < -0.3 is 20.1 Å². The van der Waals surface area contributed by atoms with Crippen molar-refractivity contribution >= 4 is 33.6 Å². The van der Waals surface area contributed by atoms with Crippen LogP contribution in [-0.2, 0) is 24.3 Å². The van der Waals surface area contributed by atoms with Crippen LogP contribution >= 0.6 is 0 Å². The Balaban J connectivity index is 1.51. The van der Waals surface area contributed by atoms with Gasteiger partial charge in [0.2, 0.25) is 15.9 Å². The second kappa shape index (κ2) is 8.34. The molecule has 1 saturated carbocycles. The highest BCUT2D eigenvalue weighted by Gasteiger charge is 2.56. The number of anilines is 1. The number of carbonyl (C=O) groups is 3. The molecule has 3 aliphatic rings. The largest absolute Gasteiger partial charge is 0.495 e. The number of nitrogens with one attached hydrogen (secondary N) is 2. The molecule has 0 radical (unpaired) electrons. The summed E-state index contributed by atoms with van der Waals surface area (Å²) in [5.41, 5.74) is -0.856. The molecule has 0 bridgehead atoms. The Hall–Kier alpha value is -2.70. The van der Waals surface area contributed by atoms with Gasteiger partial charge in [-0.05, 0) is 43.9 Å². The maximum atomic E-state index is 12.9. The van der Waals surface area contributed by atoms with E-state index in [0.717, 1.165) is 17.7 Å². The number of morpholine rings is 1. The molecule has 4 rings (SSSR count). The van der Waals surface area contributed by atoms with Crippen molar-refractivity contribution in [2.45, 2.75) is 30.2 Å². The van der Waals surface area contributed by atoms with E-state index >= 15 is 0 Å². The molecule has 1 aromatic rings. The number of urea groups is 1. The lowest BCUT2D eigenvalue weighted by Crippen LogP contribution is -2.46. The Morgan fingerprint density at radius 2 is 1.97 bits per heavy atom. The average Bonchev–Trinajstić information content (AvgIpc) is 3.60. The summed E-state index contributed by atoms with van der Waals surface area (Å²) in [6.45, 7) is 2.28. The fourth-order valence-corrected chi connectivity index (χ4v) is 5.45. The van der Waals surface area contributed by atoms with Gasteiger partial charge in [-0.1, -0.05) is 0 Å². The fourth-order valence-electron chi connectivity index (χ4n) is 4.01. The molecule has 32 heavy (non-hydrogen) atoms. The van der Waals surface area contributed by atoms with E-state index in [-0.39, 0.29) is 35.3 Å². The first-order valence-electron chi connectivity index (χ1n) is 10.4. The number of hydrogen-bond acceptors (Lipinski definition) is 7. The number of rotatable bonds is 7. The van der Waals surface area contributed by atoms with Crippen molar-refractivity contribution in [2.24, 2.45) is 5.92 Å². The van der Waals surface area contributed by atoms with Crippen LogP contribution in [-0.4, -0.2) is 81.0 Å². The predicted octanol–water partition coefficient (Wildman–Crippen LogP) is 0.375. The molecule has 2 saturated heterocycles. The van der Waals surface area contributed by atoms with E-state index in [1.807, 2.05) is 0 Å². The van der Waals surface area contributed by atoms with Crippen LogP contribution in [0.5, 0.6) is 5.75 Å². The number of methoxy groups -OCH3 is 1. The van der Waals surface area contributed by atoms with Gasteiger partial charge in [-0.25, -0.2) is 13.2 Å². The minimum atomic E-state index is -3.79. The molecular weight excluding hydrogens is 440 g/mol. The Morgan fingerprint density at radius 1 is 1.28 bits per heavy atom. The van der Waals surface area contributed by atoms with Gasteiger partial charge in [0.1, 0.15) is 17.8 Å². The molecule has 0 spiro atoms. The summed E-state index contributed by atoms with van der Waals surface area (Å²) in [7, 11) is -2.40. The smallest absolute Gasteiger partial charge is 0.325 e. The van der Waals surface area contributed by atoms with Crippen molar-refractivity contribution in [3.8, 4) is 5.75 Å². The van der Waals surface area contributed by atoms with Crippen LogP contribution < -0.4 is 15.4 Å². The van der Waals surface area contributed by atoms with Gasteiger partial charge in [-0.3, -0.25) is 14.5 Å². The molecule has 0 aromatic heterocycles. The van der Waals surface area contributed by atoms with E-state index in [2.05, 4.69) is 10.6 Å². The Morgan fingerprint density at radius 3 is 2.59 bits per heavy atom. The first-order valence-corrected chi connectivity index (χ1v) is 11.8. The first kappa shape index (κ1) is 22.5. The highest BCUT2D eigenvalue weighted by molar-refractivity contribution is 7.89. The van der Waals surface area contributed by atoms with Gasteiger partial charge in [0, 0.05) is 13.1 Å². The predicted molar refractivity (Wildman–Crippen MR) is 113 cm³/mol. The van der Waals surface area contributed by atoms with E-state index in [4.69, 9.17) is 9.47 Å². The second-order valence-corrected chi connectivity index (χ2v) is 10.2. The van der Waals surface area contributed by atoms with Gasteiger partial charge in [0.15, 0.2) is 0 Å². The number of ether oxygens (including phenoxy) is 2. The van der Waals surface area contributed by atoms with Crippen LogP contribution in [0.1, 0.15) is 19.8 Å². The number of benzene rings is 1. The summed E-state index contributed by atoms with van der Waals surface area (Å²) in [5, 5.41) is 5.26. The maximum Gasteiger partial charge on any atom is 0.325 e. The minimum absolute atomic E-state index is 0.00759. The zero-order chi connectivity index (χ0) is 23.1. The van der Waals surface area contributed by atoms with Crippen molar-refractivity contribution in [2.75, 3.05) is 45.3 Å². The third-order valence-electron chi connectivity index (χ3n) is 6.05. The molecule has 1 aromatic carbocycles. The lowest BCUT2D eigenvalue weighted by atomic mass is 9.96. The van der Waals surface area contributed by atoms with E-state index in [9.17, 15) is 22.8 Å². The normalized spacial score (nSPS) is 24.4. The number of imide groups is 1. The van der Waals surface area contributed by atoms with Gasteiger partial charge in [0.25, 0.3) is 5.91 Å². The SMILES string of the molecule is COc1ccc(S(=O)(=O)N2CCOCC2)cc1NC(=O)CN1C(=O)N[C@](C)(C2CC2)C1=O. The number of nitrogens with zero attached hydrogens (tertiary/aromatic N) is 2. The molecule has 11 nitrogen and oxygen atoms in total. The van der Waals surface area contributed by atoms with Crippen LogP contribution in [0.4, 0.5) is 10.5 Å². The van der Waals surface area contributed by atoms with Crippen molar-refractivity contribution < 1.29 is 32.3 Å². The van der Waals surface area contributed by atoms with E-state index in [1.54, 1.807) is 6.92 Å². The molecule has 2 aliphatic heterocycles. The average molecular weight is 467 g/mol. The standard InChI is InChI=1S/C20H26N4O7S/c1-20(13-3-4-13)18(26)24(19(27)22-20)12-17(25)21-15-11-14(5-6-16(15)30-2)32(28,29)23-7-9-31-10-8-23/h5-6,11,13H,3-4,7-10,12H2,1-2H3,(H,21,25)(H,22,27)/t20-/m1/s1. The lowest BCUT2D eigenvalue weighted by molar-refractivity contribution is -0.134. The lowest BCUT2D eigenvalue weighted by Gasteiger charge is -2.26. The number of hydrogen-bond donors (Lipinski definition) is 2. The highest BCUT2D eigenvalue weighted by Crippen LogP contribution is 2.42. The van der Waals surface area contributed by atoms with Crippen LogP contribution in [0.3, 0.4) is 0 Å². The van der Waals surface area contributed by atoms with E-state index in [1.165, 1.54) is 29.6 Å². The summed E-state index contributed by atoms with van der Waals surface area (Å²) in [6.07, 6.45) is 1.70. The quantitative estimate of drug-likeness (QED) is 0.555. The summed E-state index contributed by atoms with van der Waals surface area (Å²) in [5.74, 6) is -0.753. The Kier molecular flexibility index (Phi) is 5.86. The third-order valence-corrected chi connectivity index (χ3v) is 7.94. The first-order chi connectivity index (χ1) is 15.2. The highest BCUT2D eigenvalue weighted by atomic mass is 32.2. The molecule has 1 aliphatic carbocycles. The fraction of sp³-hybridized carbons (Fsp3) is 0.550. The molecule has 12 heteroatoms.